The number of nitriles is 1. The summed E-state index contributed by atoms with van der Waals surface area (Å²) in [5, 5.41) is 18.9. The van der Waals surface area contributed by atoms with Crippen molar-refractivity contribution in [3.63, 3.8) is 0 Å². The average molecular weight is 608 g/mol. The van der Waals surface area contributed by atoms with Crippen molar-refractivity contribution >= 4 is 5.97 Å². The van der Waals surface area contributed by atoms with Gasteiger partial charge in [0.25, 0.3) is 0 Å². The van der Waals surface area contributed by atoms with E-state index in [1.165, 1.54) is 5.56 Å². The fraction of sp³-hybridized carbons (Fsp3) is 0.368. The number of carbonyl (C=O) groups is 1. The average Bonchev–Trinajstić information content (AvgIpc) is 2.91. The molecule has 0 unspecified atom stereocenters. The summed E-state index contributed by atoms with van der Waals surface area (Å²) < 4.78 is 11.9. The fourth-order valence-electron chi connectivity index (χ4n) is 5.00. The van der Waals surface area contributed by atoms with Crippen LogP contribution in [0.3, 0.4) is 0 Å². The molecule has 236 valence electrons. The second-order valence-corrected chi connectivity index (χ2v) is 13.7. The van der Waals surface area contributed by atoms with Crippen molar-refractivity contribution in [1.82, 2.24) is 9.97 Å². The Balaban J connectivity index is 0.000000246. The smallest absolute Gasteiger partial charge is 0.358 e. The standard InChI is InChI=1S/C19H22N2O.C19H23NO3/c1-12-9-13(2)18(14(3)10-12)22-16-7-8-17(19(4,5)6)21-15(16)11-20;1-11-9-12(2)17(13(3)10-11)23-14-7-8-15(19(4,5)6)20-16(14)18(21)22/h7-10H,1-6H3;7-10H,1-6H3,(H,21,22). The number of carboxylic acid groups (broad SMARTS) is 1. The van der Waals surface area contributed by atoms with Crippen molar-refractivity contribution in [1.29, 1.82) is 5.26 Å². The van der Waals surface area contributed by atoms with Crippen LogP contribution in [0.4, 0.5) is 0 Å². The molecule has 2 aromatic carbocycles. The summed E-state index contributed by atoms with van der Waals surface area (Å²) in [6, 6.07) is 17.6. The van der Waals surface area contributed by atoms with Gasteiger partial charge in [-0.25, -0.2) is 14.8 Å². The van der Waals surface area contributed by atoms with Gasteiger partial charge < -0.3 is 14.6 Å². The first-order valence-electron chi connectivity index (χ1n) is 15.0. The molecule has 4 rings (SSSR count). The van der Waals surface area contributed by atoms with Crippen LogP contribution < -0.4 is 9.47 Å². The van der Waals surface area contributed by atoms with Gasteiger partial charge in [-0.15, -0.1) is 0 Å². The zero-order valence-corrected chi connectivity index (χ0v) is 28.6. The van der Waals surface area contributed by atoms with Crippen LogP contribution in [0.25, 0.3) is 0 Å². The second-order valence-electron chi connectivity index (χ2n) is 13.7. The van der Waals surface area contributed by atoms with E-state index in [2.05, 4.69) is 55.9 Å². The quantitative estimate of drug-likeness (QED) is 0.241. The molecule has 7 heteroatoms. The van der Waals surface area contributed by atoms with Crippen LogP contribution in [0.15, 0.2) is 48.5 Å². The molecule has 0 fully saturated rings. The Bertz CT molecular complexity index is 1720. The van der Waals surface area contributed by atoms with Gasteiger partial charge >= 0.3 is 5.97 Å². The van der Waals surface area contributed by atoms with Gasteiger partial charge in [0.15, 0.2) is 22.9 Å². The van der Waals surface area contributed by atoms with E-state index in [-0.39, 0.29) is 22.3 Å². The predicted octanol–water partition coefficient (Wildman–Crippen LogP) is 9.76. The second kappa shape index (κ2) is 13.5. The Morgan fingerprint density at radius 2 is 1.04 bits per heavy atom. The SMILES string of the molecule is Cc1cc(C)c(Oc2ccc(C(C)(C)C)nc2C#N)c(C)c1.Cc1cc(C)c(Oc2ccc(C(C)(C)C)nc2C(=O)O)c(C)c1. The summed E-state index contributed by atoms with van der Waals surface area (Å²) in [5.74, 6) is 1.16. The zero-order valence-electron chi connectivity index (χ0n) is 28.6. The third-order valence-electron chi connectivity index (χ3n) is 7.20. The lowest BCUT2D eigenvalue weighted by Gasteiger charge is -2.20. The molecular formula is C38H45N3O4. The van der Waals surface area contributed by atoms with Gasteiger partial charge in [-0.3, -0.25) is 0 Å². The van der Waals surface area contributed by atoms with Crippen molar-refractivity contribution in [2.75, 3.05) is 0 Å². The van der Waals surface area contributed by atoms with Crippen LogP contribution >= 0.6 is 0 Å². The maximum atomic E-state index is 11.6. The number of rotatable bonds is 5. The molecule has 0 saturated carbocycles. The Morgan fingerprint density at radius 1 is 0.667 bits per heavy atom. The number of ether oxygens (including phenoxy) is 2. The van der Waals surface area contributed by atoms with Gasteiger partial charge in [0.1, 0.15) is 17.6 Å². The molecule has 0 aliphatic rings. The Morgan fingerprint density at radius 3 is 1.42 bits per heavy atom. The maximum absolute atomic E-state index is 11.6. The summed E-state index contributed by atoms with van der Waals surface area (Å²) in [7, 11) is 0. The summed E-state index contributed by atoms with van der Waals surface area (Å²) in [6.45, 7) is 24.2. The highest BCUT2D eigenvalue weighted by Crippen LogP contribution is 2.34. The molecule has 0 spiro atoms. The van der Waals surface area contributed by atoms with Crippen LogP contribution in [0.2, 0.25) is 0 Å². The number of hydrogen-bond acceptors (Lipinski definition) is 6. The lowest BCUT2D eigenvalue weighted by atomic mass is 9.91. The molecular weight excluding hydrogens is 562 g/mol. The van der Waals surface area contributed by atoms with E-state index in [9.17, 15) is 15.2 Å². The molecule has 0 saturated heterocycles. The third-order valence-corrected chi connectivity index (χ3v) is 7.20. The molecule has 0 amide bonds. The monoisotopic (exact) mass is 607 g/mol. The number of aromatic carboxylic acids is 1. The molecule has 0 aliphatic carbocycles. The summed E-state index contributed by atoms with van der Waals surface area (Å²) in [4.78, 5) is 20.3. The number of aryl methyl sites for hydroxylation is 6. The molecule has 2 heterocycles. The van der Waals surface area contributed by atoms with Crippen molar-refractivity contribution in [2.24, 2.45) is 0 Å². The Kier molecular flexibility index (Phi) is 10.5. The number of hydrogen-bond donors (Lipinski definition) is 1. The van der Waals surface area contributed by atoms with Crippen molar-refractivity contribution in [2.45, 2.75) is 93.9 Å². The van der Waals surface area contributed by atoms with Crippen LogP contribution in [0, 0.1) is 52.9 Å². The van der Waals surface area contributed by atoms with E-state index in [1.54, 1.807) is 6.07 Å². The predicted molar refractivity (Wildman–Crippen MR) is 179 cm³/mol. The summed E-state index contributed by atoms with van der Waals surface area (Å²) >= 11 is 0. The van der Waals surface area contributed by atoms with Gasteiger partial charge in [-0.2, -0.15) is 5.26 Å². The van der Waals surface area contributed by atoms with Crippen molar-refractivity contribution in [3.05, 3.63) is 105 Å². The molecule has 0 bridgehead atoms. The normalized spacial score (nSPS) is 11.3. The fourth-order valence-corrected chi connectivity index (χ4v) is 5.00. The number of benzene rings is 2. The van der Waals surface area contributed by atoms with E-state index >= 15 is 0 Å². The van der Waals surface area contributed by atoms with Gasteiger partial charge in [-0.05, 0) is 88.1 Å². The van der Waals surface area contributed by atoms with Gasteiger partial charge in [0, 0.05) is 22.2 Å². The first-order valence-corrected chi connectivity index (χ1v) is 15.0. The number of carboxylic acids is 1. The van der Waals surface area contributed by atoms with Gasteiger partial charge in [0.2, 0.25) is 0 Å². The molecule has 4 aromatic rings. The van der Waals surface area contributed by atoms with Gasteiger partial charge in [0.05, 0.1) is 0 Å². The largest absolute Gasteiger partial charge is 0.476 e. The highest BCUT2D eigenvalue weighted by atomic mass is 16.5. The van der Waals surface area contributed by atoms with E-state index < -0.39 is 5.97 Å². The molecule has 0 atom stereocenters. The van der Waals surface area contributed by atoms with Gasteiger partial charge in [-0.1, -0.05) is 76.9 Å². The van der Waals surface area contributed by atoms with Crippen molar-refractivity contribution < 1.29 is 19.4 Å². The number of aromatic nitrogens is 2. The Labute approximate surface area is 267 Å². The minimum Gasteiger partial charge on any atom is -0.476 e. The molecule has 2 aromatic heterocycles. The van der Waals surface area contributed by atoms with E-state index in [0.717, 1.165) is 45.0 Å². The topological polar surface area (TPSA) is 105 Å². The third kappa shape index (κ3) is 8.69. The van der Waals surface area contributed by atoms with Crippen LogP contribution in [-0.4, -0.2) is 21.0 Å². The lowest BCUT2D eigenvalue weighted by molar-refractivity contribution is 0.0687. The van der Waals surface area contributed by atoms with Crippen LogP contribution in [0.1, 0.15) is 102 Å². The highest BCUT2D eigenvalue weighted by molar-refractivity contribution is 5.88. The zero-order chi connectivity index (χ0) is 33.9. The van der Waals surface area contributed by atoms with Crippen LogP contribution in [-0.2, 0) is 10.8 Å². The molecule has 7 nitrogen and oxygen atoms in total. The van der Waals surface area contributed by atoms with Crippen molar-refractivity contribution in [3.8, 4) is 29.1 Å². The first-order chi connectivity index (χ1) is 20.8. The minimum atomic E-state index is -1.09. The molecule has 1 N–H and O–H groups in total. The van der Waals surface area contributed by atoms with E-state index in [0.29, 0.717) is 17.2 Å². The molecule has 0 radical (unpaired) electrons. The van der Waals surface area contributed by atoms with E-state index in [4.69, 9.17) is 9.47 Å². The minimum absolute atomic E-state index is 0.0585. The van der Waals surface area contributed by atoms with Crippen LogP contribution in [0.5, 0.6) is 23.0 Å². The number of pyridine rings is 2. The Hall–Kier alpha value is -4.70. The molecule has 45 heavy (non-hydrogen) atoms. The molecule has 0 aliphatic heterocycles. The number of nitrogens with zero attached hydrogens (tertiary/aromatic N) is 3. The lowest BCUT2D eigenvalue weighted by Crippen LogP contribution is -2.16. The van der Waals surface area contributed by atoms with E-state index in [1.807, 2.05) is 85.7 Å². The summed E-state index contributed by atoms with van der Waals surface area (Å²) in [5.41, 5.74) is 7.95. The maximum Gasteiger partial charge on any atom is 0.358 e. The first kappa shape index (κ1) is 34.8. The summed E-state index contributed by atoms with van der Waals surface area (Å²) in [6.07, 6.45) is 0. The highest BCUT2D eigenvalue weighted by Gasteiger charge is 2.22.